The van der Waals surface area contributed by atoms with Gasteiger partial charge in [-0.3, -0.25) is 4.79 Å². The molecule has 2 unspecified atom stereocenters. The van der Waals surface area contributed by atoms with Crippen molar-refractivity contribution in [1.82, 2.24) is 5.32 Å². The number of carbonyl (C=O) groups is 1. The van der Waals surface area contributed by atoms with Gasteiger partial charge in [0, 0.05) is 12.0 Å². The molecule has 1 aliphatic heterocycles. The van der Waals surface area contributed by atoms with Crippen molar-refractivity contribution in [3.8, 4) is 17.2 Å². The van der Waals surface area contributed by atoms with Crippen LogP contribution in [0.25, 0.3) is 0 Å². The molecule has 0 bridgehead atoms. The fourth-order valence-corrected chi connectivity index (χ4v) is 3.54. The number of hydrogen-bond acceptors (Lipinski definition) is 4. The van der Waals surface area contributed by atoms with Crippen LogP contribution < -0.4 is 19.5 Å². The minimum Gasteiger partial charge on any atom is -0.493 e. The summed E-state index contributed by atoms with van der Waals surface area (Å²) >= 11 is 0. The van der Waals surface area contributed by atoms with E-state index >= 15 is 0 Å². The predicted octanol–water partition coefficient (Wildman–Crippen LogP) is 4.58. The van der Waals surface area contributed by atoms with Crippen LogP contribution in [-0.2, 0) is 4.79 Å². The Labute approximate surface area is 167 Å². The molecule has 2 atom stereocenters. The van der Waals surface area contributed by atoms with E-state index in [1.165, 1.54) is 0 Å². The number of rotatable bonds is 6. The number of methoxy groups -OCH3 is 1. The zero-order chi connectivity index (χ0) is 20.3. The van der Waals surface area contributed by atoms with Crippen molar-refractivity contribution in [3.63, 3.8) is 0 Å². The fraction of sp³-hybridized carbons (Fsp3) is 0.435. The first-order chi connectivity index (χ1) is 13.3. The summed E-state index contributed by atoms with van der Waals surface area (Å²) in [7, 11) is 1.59. The average Bonchev–Trinajstić information content (AvgIpc) is 2.64. The lowest BCUT2D eigenvalue weighted by molar-refractivity contribution is -0.129. The largest absolute Gasteiger partial charge is 0.493 e. The molecule has 28 heavy (non-hydrogen) atoms. The van der Waals surface area contributed by atoms with Crippen molar-refractivity contribution in [3.05, 3.63) is 53.6 Å². The molecule has 3 rings (SSSR count). The molecule has 2 aromatic rings. The van der Waals surface area contributed by atoms with E-state index in [2.05, 4.69) is 5.32 Å². The SMILES string of the molecule is CCC(Oc1ccccc1OC)C(=O)NC1CC(C)(C)Oc2cc(C)ccc21. The van der Waals surface area contributed by atoms with Crippen LogP contribution in [0, 0.1) is 6.92 Å². The quantitative estimate of drug-likeness (QED) is 0.793. The number of carbonyl (C=O) groups excluding carboxylic acids is 1. The van der Waals surface area contributed by atoms with Crippen molar-refractivity contribution < 1.29 is 19.0 Å². The third kappa shape index (κ3) is 4.41. The minimum absolute atomic E-state index is 0.123. The van der Waals surface area contributed by atoms with Gasteiger partial charge < -0.3 is 19.5 Å². The number of amides is 1. The Morgan fingerprint density at radius 2 is 1.96 bits per heavy atom. The van der Waals surface area contributed by atoms with Crippen molar-refractivity contribution in [2.75, 3.05) is 7.11 Å². The van der Waals surface area contributed by atoms with Gasteiger partial charge in [0.2, 0.25) is 0 Å². The van der Waals surface area contributed by atoms with Gasteiger partial charge in [-0.05, 0) is 51.0 Å². The number of nitrogens with one attached hydrogen (secondary N) is 1. The summed E-state index contributed by atoms with van der Waals surface area (Å²) in [5, 5.41) is 3.17. The maximum atomic E-state index is 13.0. The second kappa shape index (κ2) is 8.13. The highest BCUT2D eigenvalue weighted by Crippen LogP contribution is 2.40. The standard InChI is InChI=1S/C23H29NO4/c1-6-18(27-20-10-8-7-9-19(20)26-5)22(25)24-17-14-23(3,4)28-21-13-15(2)11-12-16(17)21/h7-13,17-18H,6,14H2,1-5H3,(H,24,25). The molecule has 1 amide bonds. The molecule has 0 saturated heterocycles. The summed E-state index contributed by atoms with van der Waals surface area (Å²) in [6.45, 7) is 8.05. The van der Waals surface area contributed by atoms with E-state index in [9.17, 15) is 4.79 Å². The Bertz CT molecular complexity index is 846. The third-order valence-corrected chi connectivity index (χ3v) is 4.94. The lowest BCUT2D eigenvalue weighted by Gasteiger charge is -2.38. The second-order valence-electron chi connectivity index (χ2n) is 7.83. The van der Waals surface area contributed by atoms with Crippen LogP contribution >= 0.6 is 0 Å². The van der Waals surface area contributed by atoms with Crippen molar-refractivity contribution >= 4 is 5.91 Å². The zero-order valence-electron chi connectivity index (χ0n) is 17.2. The predicted molar refractivity (Wildman–Crippen MR) is 109 cm³/mol. The van der Waals surface area contributed by atoms with Crippen LogP contribution in [0.1, 0.15) is 50.8 Å². The van der Waals surface area contributed by atoms with E-state index < -0.39 is 6.10 Å². The van der Waals surface area contributed by atoms with Crippen LogP contribution in [0.2, 0.25) is 0 Å². The highest BCUT2D eigenvalue weighted by molar-refractivity contribution is 5.81. The Morgan fingerprint density at radius 1 is 1.25 bits per heavy atom. The highest BCUT2D eigenvalue weighted by atomic mass is 16.5. The normalized spacial score (nSPS) is 18.4. The first-order valence-electron chi connectivity index (χ1n) is 9.72. The van der Waals surface area contributed by atoms with Gasteiger partial charge in [-0.1, -0.05) is 31.2 Å². The number of aryl methyl sites for hydroxylation is 1. The summed E-state index contributed by atoms with van der Waals surface area (Å²) in [6.07, 6.45) is 0.646. The van der Waals surface area contributed by atoms with Crippen LogP contribution in [0.15, 0.2) is 42.5 Å². The minimum atomic E-state index is -0.601. The Kier molecular flexibility index (Phi) is 5.82. The van der Waals surface area contributed by atoms with Crippen molar-refractivity contribution in [1.29, 1.82) is 0 Å². The molecule has 5 heteroatoms. The molecular weight excluding hydrogens is 354 g/mol. The molecule has 1 N–H and O–H groups in total. The Hall–Kier alpha value is -2.69. The Balaban J connectivity index is 1.79. The van der Waals surface area contributed by atoms with E-state index in [1.54, 1.807) is 7.11 Å². The van der Waals surface area contributed by atoms with Gasteiger partial charge >= 0.3 is 0 Å². The number of fused-ring (bicyclic) bond motifs is 1. The van der Waals surface area contributed by atoms with Crippen LogP contribution in [0.4, 0.5) is 0 Å². The molecular formula is C23H29NO4. The number of benzene rings is 2. The van der Waals surface area contributed by atoms with E-state index in [1.807, 2.05) is 70.2 Å². The lowest BCUT2D eigenvalue weighted by atomic mass is 9.89. The summed E-state index contributed by atoms with van der Waals surface area (Å²) in [5.41, 5.74) is 1.78. The fourth-order valence-electron chi connectivity index (χ4n) is 3.54. The van der Waals surface area contributed by atoms with E-state index in [0.29, 0.717) is 24.3 Å². The van der Waals surface area contributed by atoms with Gasteiger partial charge in [0.1, 0.15) is 11.4 Å². The first-order valence-corrected chi connectivity index (χ1v) is 9.72. The van der Waals surface area contributed by atoms with Gasteiger partial charge in [-0.15, -0.1) is 0 Å². The topological polar surface area (TPSA) is 56.8 Å². The van der Waals surface area contributed by atoms with Crippen LogP contribution in [0.3, 0.4) is 0 Å². The molecule has 1 heterocycles. The molecule has 5 nitrogen and oxygen atoms in total. The third-order valence-electron chi connectivity index (χ3n) is 4.94. The van der Waals surface area contributed by atoms with Crippen LogP contribution in [0.5, 0.6) is 17.2 Å². The highest BCUT2D eigenvalue weighted by Gasteiger charge is 2.35. The van der Waals surface area contributed by atoms with Crippen molar-refractivity contribution in [2.24, 2.45) is 0 Å². The van der Waals surface area contributed by atoms with E-state index in [0.717, 1.165) is 16.9 Å². The van der Waals surface area contributed by atoms with Gasteiger partial charge in [-0.25, -0.2) is 0 Å². The molecule has 0 fully saturated rings. The number of ether oxygens (including phenoxy) is 3. The van der Waals surface area contributed by atoms with Gasteiger partial charge in [0.15, 0.2) is 17.6 Å². The first kappa shape index (κ1) is 20.1. The van der Waals surface area contributed by atoms with E-state index in [-0.39, 0.29) is 17.6 Å². The molecule has 2 aromatic carbocycles. The smallest absolute Gasteiger partial charge is 0.261 e. The lowest BCUT2D eigenvalue weighted by Crippen LogP contribution is -2.45. The summed E-state index contributed by atoms with van der Waals surface area (Å²) in [6, 6.07) is 13.3. The molecule has 0 saturated carbocycles. The zero-order valence-corrected chi connectivity index (χ0v) is 17.2. The van der Waals surface area contributed by atoms with Crippen molar-refractivity contribution in [2.45, 2.75) is 58.3 Å². The van der Waals surface area contributed by atoms with Gasteiger partial charge in [0.25, 0.3) is 5.91 Å². The molecule has 0 radical (unpaired) electrons. The Morgan fingerprint density at radius 3 is 2.64 bits per heavy atom. The molecule has 150 valence electrons. The molecule has 1 aliphatic rings. The van der Waals surface area contributed by atoms with E-state index in [4.69, 9.17) is 14.2 Å². The number of para-hydroxylation sites is 2. The maximum absolute atomic E-state index is 13.0. The summed E-state index contributed by atoms with van der Waals surface area (Å²) in [4.78, 5) is 13.0. The van der Waals surface area contributed by atoms with Gasteiger partial charge in [-0.2, -0.15) is 0 Å². The van der Waals surface area contributed by atoms with Crippen LogP contribution in [-0.4, -0.2) is 24.7 Å². The second-order valence-corrected chi connectivity index (χ2v) is 7.83. The number of hydrogen-bond donors (Lipinski definition) is 1. The monoisotopic (exact) mass is 383 g/mol. The molecule has 0 aliphatic carbocycles. The maximum Gasteiger partial charge on any atom is 0.261 e. The molecule has 0 aromatic heterocycles. The molecule has 0 spiro atoms. The summed E-state index contributed by atoms with van der Waals surface area (Å²) < 4.78 is 17.4. The van der Waals surface area contributed by atoms with Gasteiger partial charge in [0.05, 0.1) is 13.2 Å². The average molecular weight is 383 g/mol. The summed E-state index contributed by atoms with van der Waals surface area (Å²) in [5.74, 6) is 1.87.